The average molecular weight is 480 g/mol. The number of amides is 1. The third-order valence-electron chi connectivity index (χ3n) is 5.41. The summed E-state index contributed by atoms with van der Waals surface area (Å²) in [5.41, 5.74) is 3.14. The number of benzene rings is 3. The molecule has 5 nitrogen and oxygen atoms in total. The molecule has 6 heteroatoms. The van der Waals surface area contributed by atoms with Gasteiger partial charge in [0, 0.05) is 21.7 Å². The average Bonchev–Trinajstić information content (AvgIpc) is 3.05. The van der Waals surface area contributed by atoms with E-state index in [0.29, 0.717) is 17.1 Å². The molecule has 0 fully saturated rings. The molecule has 0 aromatic heterocycles. The van der Waals surface area contributed by atoms with Gasteiger partial charge in [-0.2, -0.15) is 0 Å². The lowest BCUT2D eigenvalue weighted by Gasteiger charge is -2.28. The van der Waals surface area contributed by atoms with Crippen molar-refractivity contribution in [3.8, 4) is 11.5 Å². The Morgan fingerprint density at radius 3 is 2.32 bits per heavy atom. The minimum absolute atomic E-state index is 0.230. The monoisotopic (exact) mass is 479 g/mol. The first kappa shape index (κ1) is 21.0. The Kier molecular flexibility index (Phi) is 6.00. The minimum Gasteiger partial charge on any atom is -0.503 e. The van der Waals surface area contributed by atoms with Crippen LogP contribution in [-0.4, -0.2) is 30.1 Å². The van der Waals surface area contributed by atoms with Gasteiger partial charge in [0.05, 0.1) is 26.8 Å². The van der Waals surface area contributed by atoms with Crippen molar-refractivity contribution in [1.82, 2.24) is 4.90 Å². The third-order valence-corrected chi connectivity index (χ3v) is 5.94. The fourth-order valence-electron chi connectivity index (χ4n) is 3.89. The van der Waals surface area contributed by atoms with Gasteiger partial charge in [-0.05, 0) is 35.4 Å². The van der Waals surface area contributed by atoms with Gasteiger partial charge in [0.2, 0.25) is 0 Å². The van der Waals surface area contributed by atoms with Crippen molar-refractivity contribution in [2.24, 2.45) is 0 Å². The largest absolute Gasteiger partial charge is 0.503 e. The van der Waals surface area contributed by atoms with Crippen molar-refractivity contribution < 1.29 is 19.4 Å². The number of rotatable bonds is 6. The molecule has 1 aliphatic rings. The molecule has 1 N–H and O–H groups in total. The Labute approximate surface area is 189 Å². The van der Waals surface area contributed by atoms with Crippen LogP contribution in [0.4, 0.5) is 0 Å². The molecular formula is C25H22BrNO4. The summed E-state index contributed by atoms with van der Waals surface area (Å²) in [7, 11) is 3.18. The molecule has 0 saturated heterocycles. The van der Waals surface area contributed by atoms with Crippen LogP contribution in [0.2, 0.25) is 0 Å². The van der Waals surface area contributed by atoms with E-state index in [0.717, 1.165) is 21.2 Å². The van der Waals surface area contributed by atoms with Gasteiger partial charge in [-0.3, -0.25) is 4.79 Å². The summed E-state index contributed by atoms with van der Waals surface area (Å²) in [5, 5.41) is 10.9. The topological polar surface area (TPSA) is 59.0 Å². The van der Waals surface area contributed by atoms with Crippen molar-refractivity contribution in [1.29, 1.82) is 0 Å². The molecular weight excluding hydrogens is 458 g/mol. The summed E-state index contributed by atoms with van der Waals surface area (Å²) in [4.78, 5) is 14.9. The molecule has 1 amide bonds. The molecule has 158 valence electrons. The van der Waals surface area contributed by atoms with Gasteiger partial charge in [-0.15, -0.1) is 0 Å². The normalized spacial score (nSPS) is 16.0. The quantitative estimate of drug-likeness (QED) is 0.505. The first-order chi connectivity index (χ1) is 15.0. The standard InChI is InChI=1S/C25H22BrNO4/c1-30-20-13-10-18(21(14-20)31-2)15-27-23(17-8-11-19(26)12-9-17)22(24(28)25(27)29)16-6-4-3-5-7-16/h3-14,23,28H,15H2,1-2H3/t23-/m0/s1. The molecule has 0 bridgehead atoms. The van der Waals surface area contributed by atoms with Crippen LogP contribution in [0.15, 0.2) is 83.0 Å². The summed E-state index contributed by atoms with van der Waals surface area (Å²) in [6.07, 6.45) is 0. The fourth-order valence-corrected chi connectivity index (χ4v) is 4.15. The minimum atomic E-state index is -0.435. The number of hydrogen-bond acceptors (Lipinski definition) is 4. The van der Waals surface area contributed by atoms with E-state index in [9.17, 15) is 9.90 Å². The number of aliphatic hydroxyl groups is 1. The number of methoxy groups -OCH3 is 2. The van der Waals surface area contributed by atoms with Gasteiger partial charge in [-0.1, -0.05) is 58.4 Å². The van der Waals surface area contributed by atoms with E-state index < -0.39 is 11.9 Å². The van der Waals surface area contributed by atoms with Crippen LogP contribution < -0.4 is 9.47 Å². The Balaban J connectivity index is 1.80. The Hall–Kier alpha value is -3.25. The van der Waals surface area contributed by atoms with Crippen LogP contribution in [0, 0.1) is 0 Å². The zero-order valence-corrected chi connectivity index (χ0v) is 18.8. The number of nitrogens with zero attached hydrogens (tertiary/aromatic N) is 1. The van der Waals surface area contributed by atoms with E-state index in [1.807, 2.05) is 66.7 Å². The van der Waals surface area contributed by atoms with Crippen LogP contribution in [-0.2, 0) is 11.3 Å². The number of hydrogen-bond donors (Lipinski definition) is 1. The lowest BCUT2D eigenvalue weighted by Crippen LogP contribution is -2.30. The molecule has 0 unspecified atom stereocenters. The van der Waals surface area contributed by atoms with Crippen molar-refractivity contribution in [2.45, 2.75) is 12.6 Å². The highest BCUT2D eigenvalue weighted by atomic mass is 79.9. The van der Waals surface area contributed by atoms with E-state index in [-0.39, 0.29) is 12.3 Å². The van der Waals surface area contributed by atoms with Gasteiger partial charge in [0.1, 0.15) is 11.5 Å². The molecule has 3 aromatic carbocycles. The highest BCUT2D eigenvalue weighted by Crippen LogP contribution is 2.44. The zero-order valence-electron chi connectivity index (χ0n) is 17.2. The van der Waals surface area contributed by atoms with Gasteiger partial charge in [0.15, 0.2) is 5.76 Å². The molecule has 1 aliphatic heterocycles. The maximum Gasteiger partial charge on any atom is 0.290 e. The molecule has 0 spiro atoms. The van der Waals surface area contributed by atoms with Crippen molar-refractivity contribution in [2.75, 3.05) is 14.2 Å². The molecule has 0 radical (unpaired) electrons. The second kappa shape index (κ2) is 8.86. The van der Waals surface area contributed by atoms with Gasteiger partial charge < -0.3 is 19.5 Å². The second-order valence-corrected chi connectivity index (χ2v) is 8.11. The number of carbonyl (C=O) groups is 1. The maximum atomic E-state index is 13.2. The molecule has 1 atom stereocenters. The van der Waals surface area contributed by atoms with Crippen LogP contribution >= 0.6 is 15.9 Å². The molecule has 0 aliphatic carbocycles. The number of ether oxygens (including phenoxy) is 2. The predicted octanol–water partition coefficient (Wildman–Crippen LogP) is 5.52. The van der Waals surface area contributed by atoms with Crippen LogP contribution in [0.25, 0.3) is 5.57 Å². The first-order valence-electron chi connectivity index (χ1n) is 9.79. The van der Waals surface area contributed by atoms with E-state index in [1.54, 1.807) is 25.2 Å². The van der Waals surface area contributed by atoms with Crippen molar-refractivity contribution in [3.05, 3.63) is 99.7 Å². The molecule has 1 heterocycles. The van der Waals surface area contributed by atoms with Crippen molar-refractivity contribution >= 4 is 27.4 Å². The number of carbonyl (C=O) groups excluding carboxylic acids is 1. The smallest absolute Gasteiger partial charge is 0.290 e. The Bertz CT molecular complexity index is 1130. The second-order valence-electron chi connectivity index (χ2n) is 7.19. The summed E-state index contributed by atoms with van der Waals surface area (Å²) in [6.45, 7) is 0.271. The number of halogens is 1. The van der Waals surface area contributed by atoms with Gasteiger partial charge in [-0.25, -0.2) is 0 Å². The predicted molar refractivity (Wildman–Crippen MR) is 123 cm³/mol. The molecule has 3 aromatic rings. The van der Waals surface area contributed by atoms with E-state index in [2.05, 4.69) is 15.9 Å². The van der Waals surface area contributed by atoms with Crippen LogP contribution in [0.3, 0.4) is 0 Å². The summed E-state index contributed by atoms with van der Waals surface area (Å²) in [5.74, 6) is 0.648. The fraction of sp³-hybridized carbons (Fsp3) is 0.160. The molecule has 4 rings (SSSR count). The lowest BCUT2D eigenvalue weighted by molar-refractivity contribution is -0.130. The Morgan fingerprint density at radius 1 is 0.968 bits per heavy atom. The highest BCUT2D eigenvalue weighted by molar-refractivity contribution is 9.10. The maximum absolute atomic E-state index is 13.2. The first-order valence-corrected chi connectivity index (χ1v) is 10.6. The molecule has 31 heavy (non-hydrogen) atoms. The number of aliphatic hydroxyl groups excluding tert-OH is 1. The van der Waals surface area contributed by atoms with Gasteiger partial charge >= 0.3 is 0 Å². The lowest BCUT2D eigenvalue weighted by atomic mass is 9.93. The molecule has 0 saturated carbocycles. The third kappa shape index (κ3) is 4.03. The van der Waals surface area contributed by atoms with Crippen LogP contribution in [0.1, 0.15) is 22.7 Å². The zero-order chi connectivity index (χ0) is 22.0. The van der Waals surface area contributed by atoms with E-state index >= 15 is 0 Å². The van der Waals surface area contributed by atoms with Crippen LogP contribution in [0.5, 0.6) is 11.5 Å². The van der Waals surface area contributed by atoms with E-state index in [1.165, 1.54) is 0 Å². The van der Waals surface area contributed by atoms with E-state index in [4.69, 9.17) is 9.47 Å². The highest BCUT2D eigenvalue weighted by Gasteiger charge is 2.41. The SMILES string of the molecule is COc1ccc(CN2C(=O)C(O)=C(c3ccccc3)[C@@H]2c2ccc(Br)cc2)c(OC)c1. The summed E-state index contributed by atoms with van der Waals surface area (Å²) >= 11 is 3.47. The Morgan fingerprint density at radius 2 is 1.68 bits per heavy atom. The summed E-state index contributed by atoms with van der Waals surface area (Å²) < 4.78 is 11.8. The van der Waals surface area contributed by atoms with Crippen molar-refractivity contribution in [3.63, 3.8) is 0 Å². The van der Waals surface area contributed by atoms with Gasteiger partial charge in [0.25, 0.3) is 5.91 Å². The summed E-state index contributed by atoms with van der Waals surface area (Å²) in [6, 6.07) is 22.4.